The molecule has 1 amide bonds. The van der Waals surface area contributed by atoms with Gasteiger partial charge >= 0.3 is 0 Å². The van der Waals surface area contributed by atoms with Crippen molar-refractivity contribution in [2.24, 2.45) is 11.3 Å². The minimum absolute atomic E-state index is 0.0572. The van der Waals surface area contributed by atoms with Gasteiger partial charge in [0.1, 0.15) is 4.90 Å². The van der Waals surface area contributed by atoms with E-state index in [1.54, 1.807) is 0 Å². The van der Waals surface area contributed by atoms with Gasteiger partial charge in [-0.15, -0.1) is 0 Å². The van der Waals surface area contributed by atoms with E-state index in [4.69, 9.17) is 15.1 Å². The SMILES string of the molecule is CC(CNC(=O)c1cc(S(=O)(=O)Cl)c(Br)o1)C(C)(C)C. The van der Waals surface area contributed by atoms with E-state index in [0.717, 1.165) is 6.07 Å². The summed E-state index contributed by atoms with van der Waals surface area (Å²) in [5.74, 6) is -0.327. The van der Waals surface area contributed by atoms with Crippen molar-refractivity contribution in [3.8, 4) is 0 Å². The molecule has 5 nitrogen and oxygen atoms in total. The first-order valence-corrected chi connectivity index (χ1v) is 9.05. The Kier molecular flexibility index (Phi) is 5.32. The van der Waals surface area contributed by atoms with Crippen LogP contribution in [0.4, 0.5) is 0 Å². The van der Waals surface area contributed by atoms with Crippen LogP contribution in [0.5, 0.6) is 0 Å². The number of hydrogen-bond acceptors (Lipinski definition) is 4. The molecule has 0 saturated heterocycles. The summed E-state index contributed by atoms with van der Waals surface area (Å²) in [4.78, 5) is 11.6. The van der Waals surface area contributed by atoms with Crippen LogP contribution < -0.4 is 5.32 Å². The van der Waals surface area contributed by atoms with Crippen LogP contribution in [0.25, 0.3) is 0 Å². The number of carbonyl (C=O) groups is 1. The second-order valence-electron chi connectivity index (χ2n) is 5.66. The van der Waals surface area contributed by atoms with Crippen molar-refractivity contribution in [2.45, 2.75) is 32.6 Å². The fourth-order valence-electron chi connectivity index (χ4n) is 1.27. The monoisotopic (exact) mass is 385 g/mol. The summed E-state index contributed by atoms with van der Waals surface area (Å²) in [6.45, 7) is 8.71. The highest BCUT2D eigenvalue weighted by atomic mass is 79.9. The Balaban J connectivity index is 2.80. The van der Waals surface area contributed by atoms with Crippen molar-refractivity contribution < 1.29 is 17.6 Å². The summed E-state index contributed by atoms with van der Waals surface area (Å²) >= 11 is 2.92. The van der Waals surface area contributed by atoms with Crippen LogP contribution in [-0.4, -0.2) is 20.9 Å². The maximum atomic E-state index is 11.9. The van der Waals surface area contributed by atoms with Gasteiger partial charge in [-0.25, -0.2) is 8.42 Å². The Morgan fingerprint density at radius 3 is 2.45 bits per heavy atom. The molecule has 0 bridgehead atoms. The lowest BCUT2D eigenvalue weighted by Gasteiger charge is -2.27. The Bertz CT molecular complexity index is 603. The van der Waals surface area contributed by atoms with Gasteiger partial charge in [0.25, 0.3) is 15.0 Å². The standard InChI is InChI=1S/C12H17BrClNO4S/c1-7(12(2,3)4)6-15-11(16)8-5-9(10(13)19-8)20(14,17)18/h5,7H,6H2,1-4H3,(H,15,16). The second kappa shape index (κ2) is 6.07. The molecule has 0 fully saturated rings. The zero-order chi connectivity index (χ0) is 15.7. The lowest BCUT2D eigenvalue weighted by molar-refractivity contribution is 0.0908. The van der Waals surface area contributed by atoms with Gasteiger partial charge < -0.3 is 9.73 Å². The molecular weight excluding hydrogens is 370 g/mol. The quantitative estimate of drug-likeness (QED) is 0.805. The fraction of sp³-hybridized carbons (Fsp3) is 0.583. The average molecular weight is 387 g/mol. The highest BCUT2D eigenvalue weighted by molar-refractivity contribution is 9.10. The summed E-state index contributed by atoms with van der Waals surface area (Å²) in [5, 5.41) is 2.71. The number of furan rings is 1. The lowest BCUT2D eigenvalue weighted by Crippen LogP contribution is -2.33. The predicted molar refractivity (Wildman–Crippen MR) is 80.4 cm³/mol. The van der Waals surface area contributed by atoms with Crippen molar-refractivity contribution >= 4 is 41.6 Å². The Hall–Kier alpha value is -0.530. The molecule has 1 aromatic heterocycles. The number of nitrogens with one attached hydrogen (secondary N) is 1. The lowest BCUT2D eigenvalue weighted by atomic mass is 9.82. The van der Waals surface area contributed by atoms with Crippen LogP contribution in [0.3, 0.4) is 0 Å². The van der Waals surface area contributed by atoms with E-state index in [-0.39, 0.29) is 26.7 Å². The first kappa shape index (κ1) is 17.5. The molecule has 0 saturated carbocycles. The molecule has 1 rings (SSSR count). The number of carbonyl (C=O) groups excluding carboxylic acids is 1. The molecule has 1 aromatic rings. The topological polar surface area (TPSA) is 76.4 Å². The van der Waals surface area contributed by atoms with E-state index >= 15 is 0 Å². The third-order valence-corrected chi connectivity index (χ3v) is 5.37. The van der Waals surface area contributed by atoms with E-state index in [1.807, 2.05) is 6.92 Å². The Labute approximate surface area is 131 Å². The zero-order valence-electron chi connectivity index (χ0n) is 11.7. The molecule has 114 valence electrons. The smallest absolute Gasteiger partial charge is 0.287 e. The molecule has 0 aliphatic carbocycles. The first-order valence-electron chi connectivity index (χ1n) is 5.95. The van der Waals surface area contributed by atoms with Crippen LogP contribution in [0, 0.1) is 11.3 Å². The predicted octanol–water partition coefficient (Wildman–Crippen LogP) is 3.38. The minimum atomic E-state index is -3.95. The van der Waals surface area contributed by atoms with Crippen LogP contribution >= 0.6 is 26.6 Å². The number of rotatable bonds is 4. The maximum Gasteiger partial charge on any atom is 0.287 e. The van der Waals surface area contributed by atoms with Crippen molar-refractivity contribution in [3.63, 3.8) is 0 Å². The molecule has 1 N–H and O–H groups in total. The highest BCUT2D eigenvalue weighted by Crippen LogP contribution is 2.29. The van der Waals surface area contributed by atoms with E-state index in [0.29, 0.717) is 6.54 Å². The Morgan fingerprint density at radius 1 is 1.50 bits per heavy atom. The van der Waals surface area contributed by atoms with Crippen LogP contribution in [0.1, 0.15) is 38.2 Å². The maximum absolute atomic E-state index is 11.9. The molecule has 1 atom stereocenters. The van der Waals surface area contributed by atoms with Gasteiger partial charge in [0, 0.05) is 23.3 Å². The van der Waals surface area contributed by atoms with Crippen molar-refractivity contribution in [1.82, 2.24) is 5.32 Å². The van der Waals surface area contributed by atoms with Gasteiger partial charge in [0.05, 0.1) is 0 Å². The molecule has 0 aliphatic heterocycles. The molecule has 1 heterocycles. The molecule has 0 spiro atoms. The first-order chi connectivity index (χ1) is 8.93. The van der Waals surface area contributed by atoms with Crippen LogP contribution in [0.2, 0.25) is 0 Å². The molecular formula is C12H17BrClNO4S. The molecule has 0 aromatic carbocycles. The van der Waals surface area contributed by atoms with E-state index in [1.165, 1.54) is 0 Å². The number of amides is 1. The average Bonchev–Trinajstić information content (AvgIpc) is 2.66. The largest absolute Gasteiger partial charge is 0.443 e. The highest BCUT2D eigenvalue weighted by Gasteiger charge is 2.25. The third kappa shape index (κ3) is 4.49. The molecule has 1 unspecified atom stereocenters. The fourth-order valence-corrected chi connectivity index (χ4v) is 3.30. The minimum Gasteiger partial charge on any atom is -0.443 e. The van der Waals surface area contributed by atoms with Gasteiger partial charge in [0.15, 0.2) is 10.4 Å². The molecule has 8 heteroatoms. The van der Waals surface area contributed by atoms with Crippen molar-refractivity contribution in [1.29, 1.82) is 0 Å². The van der Waals surface area contributed by atoms with Gasteiger partial charge in [0.2, 0.25) is 0 Å². The van der Waals surface area contributed by atoms with E-state index < -0.39 is 15.0 Å². The molecule has 20 heavy (non-hydrogen) atoms. The second-order valence-corrected chi connectivity index (χ2v) is 8.92. The van der Waals surface area contributed by atoms with Gasteiger partial charge in [-0.3, -0.25) is 4.79 Å². The van der Waals surface area contributed by atoms with Crippen LogP contribution in [-0.2, 0) is 9.05 Å². The zero-order valence-corrected chi connectivity index (χ0v) is 14.8. The van der Waals surface area contributed by atoms with Gasteiger partial charge in [-0.05, 0) is 27.3 Å². The normalized spacial score (nSPS) is 14.1. The summed E-state index contributed by atoms with van der Waals surface area (Å²) in [6, 6.07) is 1.10. The van der Waals surface area contributed by atoms with Gasteiger partial charge in [-0.1, -0.05) is 27.7 Å². The van der Waals surface area contributed by atoms with E-state index in [9.17, 15) is 13.2 Å². The van der Waals surface area contributed by atoms with E-state index in [2.05, 4.69) is 42.0 Å². The number of halogens is 2. The molecule has 0 aliphatic rings. The Morgan fingerprint density at radius 2 is 2.05 bits per heavy atom. The van der Waals surface area contributed by atoms with Crippen molar-refractivity contribution in [2.75, 3.05) is 6.54 Å². The summed E-state index contributed by atoms with van der Waals surface area (Å²) in [5.41, 5.74) is 0.0572. The van der Waals surface area contributed by atoms with Gasteiger partial charge in [-0.2, -0.15) is 0 Å². The summed E-state index contributed by atoms with van der Waals surface area (Å²) in [6.07, 6.45) is 0. The third-order valence-electron chi connectivity index (χ3n) is 3.19. The molecule has 0 radical (unpaired) electrons. The number of hydrogen-bond donors (Lipinski definition) is 1. The van der Waals surface area contributed by atoms with Crippen LogP contribution in [0.15, 0.2) is 20.0 Å². The van der Waals surface area contributed by atoms with Crippen molar-refractivity contribution in [3.05, 3.63) is 16.5 Å². The summed E-state index contributed by atoms with van der Waals surface area (Å²) < 4.78 is 27.4. The summed E-state index contributed by atoms with van der Waals surface area (Å²) in [7, 11) is 1.27.